The van der Waals surface area contributed by atoms with Crippen molar-refractivity contribution in [2.24, 2.45) is 0 Å². The number of carbonyl (C=O) groups excluding carboxylic acids is 3. The van der Waals surface area contributed by atoms with Gasteiger partial charge in [0.1, 0.15) is 13.2 Å². The van der Waals surface area contributed by atoms with Gasteiger partial charge in [0, 0.05) is 19.3 Å². The van der Waals surface area contributed by atoms with E-state index >= 15 is 0 Å². The van der Waals surface area contributed by atoms with Gasteiger partial charge >= 0.3 is 17.9 Å². The van der Waals surface area contributed by atoms with Crippen LogP contribution in [0.2, 0.25) is 0 Å². The zero-order chi connectivity index (χ0) is 55.0. The fourth-order valence-electron chi connectivity index (χ4n) is 8.97. The molecule has 0 amide bonds. The average molecular weight is 1060 g/mol. The van der Waals surface area contributed by atoms with Crippen LogP contribution in [-0.4, -0.2) is 37.2 Å². The molecule has 0 heterocycles. The van der Waals surface area contributed by atoms with E-state index in [2.05, 4.69) is 118 Å². The van der Waals surface area contributed by atoms with Gasteiger partial charge in [-0.15, -0.1) is 0 Å². The summed E-state index contributed by atoms with van der Waals surface area (Å²) in [7, 11) is 0. The highest BCUT2D eigenvalue weighted by atomic mass is 16.6. The Kier molecular flexibility index (Phi) is 60.8. The molecule has 0 aromatic rings. The van der Waals surface area contributed by atoms with Crippen LogP contribution in [0.4, 0.5) is 0 Å². The summed E-state index contributed by atoms with van der Waals surface area (Å²) < 4.78 is 16.9. The van der Waals surface area contributed by atoms with E-state index in [0.717, 1.165) is 122 Å². The molecule has 0 radical (unpaired) electrons. The summed E-state index contributed by atoms with van der Waals surface area (Å²) in [5.74, 6) is -0.906. The lowest BCUT2D eigenvalue weighted by molar-refractivity contribution is -0.167. The Morgan fingerprint density at radius 1 is 0.276 bits per heavy atom. The molecule has 0 spiro atoms. The molecule has 0 fully saturated rings. The maximum absolute atomic E-state index is 12.9. The van der Waals surface area contributed by atoms with Gasteiger partial charge in [0.05, 0.1) is 0 Å². The molecule has 0 saturated carbocycles. The van der Waals surface area contributed by atoms with Crippen LogP contribution in [0, 0.1) is 0 Å². The molecule has 0 aromatic heterocycles. The van der Waals surface area contributed by atoms with Crippen molar-refractivity contribution >= 4 is 17.9 Å². The summed E-state index contributed by atoms with van der Waals surface area (Å²) in [4.78, 5) is 38.4. The quantitative estimate of drug-likeness (QED) is 0.0261. The third kappa shape index (κ3) is 61.2. The van der Waals surface area contributed by atoms with E-state index in [0.29, 0.717) is 19.3 Å². The molecule has 0 aliphatic carbocycles. The van der Waals surface area contributed by atoms with Crippen molar-refractivity contribution in [3.05, 3.63) is 97.2 Å². The molecular weight excluding hydrogens is 937 g/mol. The zero-order valence-electron chi connectivity index (χ0n) is 50.0. The van der Waals surface area contributed by atoms with Crippen LogP contribution in [0.25, 0.3) is 0 Å². The van der Waals surface area contributed by atoms with E-state index < -0.39 is 6.10 Å². The predicted molar refractivity (Wildman–Crippen MR) is 330 cm³/mol. The number of unbranched alkanes of at least 4 members (excludes halogenated alkanes) is 31. The molecule has 436 valence electrons. The SMILES string of the molecule is CC/C=C\C/C=C\C/C=C\C/C=C\C/C=C\CCCCCCCC(=O)OCC(COC(=O)CCCCCCCCC/C=C\C/C=C\CCCCCC)OC(=O)CCCCCCCCCCC/C=C\CCCCCCCC. The summed E-state index contributed by atoms with van der Waals surface area (Å²) in [6.07, 6.45) is 85.4. The molecule has 6 nitrogen and oxygen atoms in total. The predicted octanol–water partition coefficient (Wildman–Crippen LogP) is 22.0. The second-order valence-corrected chi connectivity index (χ2v) is 21.3. The van der Waals surface area contributed by atoms with E-state index in [9.17, 15) is 14.4 Å². The van der Waals surface area contributed by atoms with E-state index in [-0.39, 0.29) is 31.1 Å². The summed E-state index contributed by atoms with van der Waals surface area (Å²) in [6.45, 7) is 6.51. The standard InChI is InChI=1S/C70H120O6/c1-4-7-10-13-16-19-22-25-28-31-34-35-37-39-42-45-48-51-54-57-60-63-69(72)75-66-67(65-74-68(71)62-59-56-53-50-47-44-41-38-33-30-27-24-21-18-15-12-9-6-3)76-70(73)64-61-58-55-52-49-46-43-40-36-32-29-26-23-20-17-14-11-8-5-2/h7,10,16,19,21,24-26,28-30,33-35,39,42,67H,4-6,8-9,11-15,17-18,20,22-23,27,31-32,36-38,40-41,43-66H2,1-3H3/b10-7-,19-16-,24-21-,28-25-,29-26-,33-30-,35-34-,42-39-. The van der Waals surface area contributed by atoms with E-state index in [4.69, 9.17) is 14.2 Å². The molecule has 0 saturated heterocycles. The van der Waals surface area contributed by atoms with Gasteiger partial charge in [-0.1, -0.05) is 266 Å². The first-order chi connectivity index (χ1) is 37.5. The molecule has 0 N–H and O–H groups in total. The Labute approximate surface area is 470 Å². The van der Waals surface area contributed by atoms with Gasteiger partial charge < -0.3 is 14.2 Å². The molecule has 0 bridgehead atoms. The summed E-state index contributed by atoms with van der Waals surface area (Å²) >= 11 is 0. The first-order valence-corrected chi connectivity index (χ1v) is 32.2. The first-order valence-electron chi connectivity index (χ1n) is 32.2. The Hall–Kier alpha value is -3.67. The molecule has 0 rings (SSSR count). The summed E-state index contributed by atoms with van der Waals surface area (Å²) in [5.41, 5.74) is 0. The summed E-state index contributed by atoms with van der Waals surface area (Å²) in [5, 5.41) is 0. The van der Waals surface area contributed by atoms with Gasteiger partial charge in [0.2, 0.25) is 0 Å². The Bertz CT molecular complexity index is 1490. The maximum Gasteiger partial charge on any atom is 0.306 e. The van der Waals surface area contributed by atoms with Crippen molar-refractivity contribution in [1.82, 2.24) is 0 Å². The fourth-order valence-corrected chi connectivity index (χ4v) is 8.97. The van der Waals surface area contributed by atoms with Crippen molar-refractivity contribution in [1.29, 1.82) is 0 Å². The fraction of sp³-hybridized carbons (Fsp3) is 0.729. The summed E-state index contributed by atoms with van der Waals surface area (Å²) in [6, 6.07) is 0. The van der Waals surface area contributed by atoms with Gasteiger partial charge in [0.15, 0.2) is 6.10 Å². The van der Waals surface area contributed by atoms with Crippen molar-refractivity contribution in [2.75, 3.05) is 13.2 Å². The molecule has 1 atom stereocenters. The van der Waals surface area contributed by atoms with Crippen LogP contribution >= 0.6 is 0 Å². The minimum absolute atomic E-state index is 0.0883. The topological polar surface area (TPSA) is 78.9 Å². The lowest BCUT2D eigenvalue weighted by Crippen LogP contribution is -2.30. The zero-order valence-corrected chi connectivity index (χ0v) is 50.0. The molecule has 0 aliphatic rings. The van der Waals surface area contributed by atoms with Crippen molar-refractivity contribution in [3.8, 4) is 0 Å². The van der Waals surface area contributed by atoms with Crippen LogP contribution in [0.3, 0.4) is 0 Å². The number of hydrogen-bond donors (Lipinski definition) is 0. The van der Waals surface area contributed by atoms with Crippen LogP contribution in [0.1, 0.15) is 310 Å². The molecule has 76 heavy (non-hydrogen) atoms. The minimum atomic E-state index is -0.793. The number of hydrogen-bond acceptors (Lipinski definition) is 6. The van der Waals surface area contributed by atoms with Crippen molar-refractivity contribution in [3.63, 3.8) is 0 Å². The maximum atomic E-state index is 12.9. The number of allylic oxidation sites excluding steroid dienone is 16. The third-order valence-electron chi connectivity index (χ3n) is 13.8. The van der Waals surface area contributed by atoms with Crippen molar-refractivity contribution < 1.29 is 28.6 Å². The Balaban J connectivity index is 4.44. The molecule has 1 unspecified atom stereocenters. The Morgan fingerprint density at radius 2 is 0.513 bits per heavy atom. The molecule has 0 aliphatic heterocycles. The van der Waals surface area contributed by atoms with E-state index in [1.54, 1.807) is 0 Å². The largest absolute Gasteiger partial charge is 0.462 e. The third-order valence-corrected chi connectivity index (χ3v) is 13.8. The second-order valence-electron chi connectivity index (χ2n) is 21.3. The van der Waals surface area contributed by atoms with Gasteiger partial charge in [-0.3, -0.25) is 14.4 Å². The highest BCUT2D eigenvalue weighted by Crippen LogP contribution is 2.16. The second kappa shape index (κ2) is 63.9. The number of carbonyl (C=O) groups is 3. The number of esters is 3. The van der Waals surface area contributed by atoms with E-state index in [1.807, 2.05) is 0 Å². The normalized spacial score (nSPS) is 12.7. The average Bonchev–Trinajstić information content (AvgIpc) is 3.42. The molecule has 6 heteroatoms. The van der Waals surface area contributed by atoms with Gasteiger partial charge in [-0.25, -0.2) is 0 Å². The number of rotatable bonds is 58. The number of ether oxygens (including phenoxy) is 3. The molecule has 0 aromatic carbocycles. The monoisotopic (exact) mass is 1060 g/mol. The lowest BCUT2D eigenvalue weighted by Gasteiger charge is -2.18. The van der Waals surface area contributed by atoms with Gasteiger partial charge in [-0.05, 0) is 122 Å². The highest BCUT2D eigenvalue weighted by Gasteiger charge is 2.19. The van der Waals surface area contributed by atoms with E-state index in [1.165, 1.54) is 148 Å². The highest BCUT2D eigenvalue weighted by molar-refractivity contribution is 5.71. The van der Waals surface area contributed by atoms with Gasteiger partial charge in [-0.2, -0.15) is 0 Å². The van der Waals surface area contributed by atoms with Gasteiger partial charge in [0.25, 0.3) is 0 Å². The Morgan fingerprint density at radius 3 is 0.829 bits per heavy atom. The first kappa shape index (κ1) is 72.3. The van der Waals surface area contributed by atoms with Crippen molar-refractivity contribution in [2.45, 2.75) is 316 Å². The van der Waals surface area contributed by atoms with Crippen LogP contribution in [0.5, 0.6) is 0 Å². The van der Waals surface area contributed by atoms with Crippen LogP contribution in [-0.2, 0) is 28.6 Å². The smallest absolute Gasteiger partial charge is 0.306 e. The molecular formula is C70H120O6. The lowest BCUT2D eigenvalue weighted by atomic mass is 10.1. The van der Waals surface area contributed by atoms with Crippen LogP contribution in [0.15, 0.2) is 97.2 Å². The minimum Gasteiger partial charge on any atom is -0.462 e. The van der Waals surface area contributed by atoms with Crippen LogP contribution < -0.4 is 0 Å².